The van der Waals surface area contributed by atoms with Gasteiger partial charge >= 0.3 is 0 Å². The molecule has 3 rings (SSSR count). The number of hydrazine groups is 1. The number of nitrogens with zero attached hydrogens (tertiary/aromatic N) is 3. The normalized spacial score (nSPS) is 19.2. The summed E-state index contributed by atoms with van der Waals surface area (Å²) >= 11 is 0. The van der Waals surface area contributed by atoms with Crippen LogP contribution in [0.1, 0.15) is 30.0 Å². The van der Waals surface area contributed by atoms with Gasteiger partial charge in [-0.3, -0.25) is 16.0 Å². The highest BCUT2D eigenvalue weighted by molar-refractivity contribution is 5.32. The standard InChI is InChI=1S/C15H21N5O/c1-2-20-14(17-10-18-20)9-13(19-16)15-12-6-4-3-5-11(12)7-8-21-15/h3-6,10,13,15,19H,2,7-9,16H2,1H3. The first-order valence-electron chi connectivity index (χ1n) is 7.35. The van der Waals surface area contributed by atoms with Crippen molar-refractivity contribution in [1.82, 2.24) is 20.2 Å². The van der Waals surface area contributed by atoms with Gasteiger partial charge in [0.05, 0.1) is 18.8 Å². The number of hydrogen-bond acceptors (Lipinski definition) is 5. The van der Waals surface area contributed by atoms with E-state index in [1.165, 1.54) is 11.1 Å². The SMILES string of the molecule is CCn1ncnc1CC(NN)C1OCCc2ccccc21. The molecule has 0 aliphatic carbocycles. The van der Waals surface area contributed by atoms with E-state index in [9.17, 15) is 0 Å². The molecule has 1 aliphatic rings. The Bertz CT molecular complexity index is 597. The zero-order valence-corrected chi connectivity index (χ0v) is 12.2. The Kier molecular flexibility index (Phi) is 4.28. The van der Waals surface area contributed by atoms with E-state index in [2.05, 4.69) is 40.6 Å². The quantitative estimate of drug-likeness (QED) is 0.633. The summed E-state index contributed by atoms with van der Waals surface area (Å²) in [5, 5.41) is 4.21. The number of benzene rings is 1. The molecule has 0 fully saturated rings. The maximum atomic E-state index is 5.98. The summed E-state index contributed by atoms with van der Waals surface area (Å²) in [6, 6.07) is 8.37. The van der Waals surface area contributed by atoms with E-state index in [1.54, 1.807) is 6.33 Å². The topological polar surface area (TPSA) is 78.0 Å². The summed E-state index contributed by atoms with van der Waals surface area (Å²) in [5.74, 6) is 6.70. The largest absolute Gasteiger partial charge is 0.371 e. The molecule has 0 amide bonds. The second-order valence-corrected chi connectivity index (χ2v) is 5.21. The van der Waals surface area contributed by atoms with Crippen LogP contribution in [0, 0.1) is 0 Å². The molecule has 2 atom stereocenters. The molecular weight excluding hydrogens is 266 g/mol. The molecule has 2 heterocycles. The number of aryl methyl sites for hydroxylation is 1. The van der Waals surface area contributed by atoms with E-state index in [0.717, 1.165) is 25.4 Å². The number of hydrogen-bond donors (Lipinski definition) is 2. The summed E-state index contributed by atoms with van der Waals surface area (Å²) in [6.45, 7) is 3.57. The van der Waals surface area contributed by atoms with Gasteiger partial charge in [0.15, 0.2) is 0 Å². The van der Waals surface area contributed by atoms with Crippen LogP contribution in [-0.2, 0) is 24.1 Å². The van der Waals surface area contributed by atoms with Gasteiger partial charge in [-0.1, -0.05) is 24.3 Å². The molecule has 6 heteroatoms. The highest BCUT2D eigenvalue weighted by atomic mass is 16.5. The molecule has 1 aromatic carbocycles. The minimum atomic E-state index is -0.0537. The fourth-order valence-electron chi connectivity index (χ4n) is 2.92. The van der Waals surface area contributed by atoms with Gasteiger partial charge in [0.1, 0.15) is 12.2 Å². The van der Waals surface area contributed by atoms with Crippen molar-refractivity contribution in [2.75, 3.05) is 6.61 Å². The lowest BCUT2D eigenvalue weighted by molar-refractivity contribution is 0.0147. The Hall–Kier alpha value is -1.76. The van der Waals surface area contributed by atoms with Gasteiger partial charge in [-0.25, -0.2) is 4.98 Å². The lowest BCUT2D eigenvalue weighted by Gasteiger charge is -2.32. The maximum absolute atomic E-state index is 5.98. The van der Waals surface area contributed by atoms with Crippen molar-refractivity contribution in [3.05, 3.63) is 47.5 Å². The first-order chi connectivity index (χ1) is 10.3. The molecule has 1 aliphatic heterocycles. The molecule has 0 radical (unpaired) electrons. The van der Waals surface area contributed by atoms with Crippen LogP contribution in [0.2, 0.25) is 0 Å². The highest BCUT2D eigenvalue weighted by Crippen LogP contribution is 2.30. The van der Waals surface area contributed by atoms with E-state index in [4.69, 9.17) is 10.6 Å². The van der Waals surface area contributed by atoms with Crippen molar-refractivity contribution < 1.29 is 4.74 Å². The van der Waals surface area contributed by atoms with Crippen LogP contribution in [0.4, 0.5) is 0 Å². The molecule has 0 saturated heterocycles. The van der Waals surface area contributed by atoms with Gasteiger partial charge in [0.2, 0.25) is 0 Å². The van der Waals surface area contributed by atoms with Crippen molar-refractivity contribution >= 4 is 0 Å². The van der Waals surface area contributed by atoms with Crippen LogP contribution in [0.25, 0.3) is 0 Å². The van der Waals surface area contributed by atoms with Gasteiger partial charge in [-0.05, 0) is 24.5 Å². The first-order valence-corrected chi connectivity index (χ1v) is 7.35. The van der Waals surface area contributed by atoms with Gasteiger partial charge in [0, 0.05) is 13.0 Å². The minimum absolute atomic E-state index is 0.0269. The van der Waals surface area contributed by atoms with Crippen LogP contribution in [-0.4, -0.2) is 27.4 Å². The van der Waals surface area contributed by atoms with E-state index in [-0.39, 0.29) is 12.1 Å². The van der Waals surface area contributed by atoms with E-state index >= 15 is 0 Å². The van der Waals surface area contributed by atoms with Gasteiger partial charge in [0.25, 0.3) is 0 Å². The second-order valence-electron chi connectivity index (χ2n) is 5.21. The summed E-state index contributed by atoms with van der Waals surface area (Å²) in [7, 11) is 0. The van der Waals surface area contributed by atoms with Crippen molar-refractivity contribution in [1.29, 1.82) is 0 Å². The molecule has 2 unspecified atom stereocenters. The van der Waals surface area contributed by atoms with Crippen molar-refractivity contribution in [3.8, 4) is 0 Å². The first kappa shape index (κ1) is 14.2. The van der Waals surface area contributed by atoms with Crippen LogP contribution in [0.3, 0.4) is 0 Å². The number of nitrogens with two attached hydrogens (primary N) is 1. The van der Waals surface area contributed by atoms with E-state index in [1.807, 2.05) is 10.7 Å². The van der Waals surface area contributed by atoms with Crippen molar-refractivity contribution in [2.24, 2.45) is 5.84 Å². The molecule has 6 nitrogen and oxygen atoms in total. The fourth-order valence-corrected chi connectivity index (χ4v) is 2.92. The number of ether oxygens (including phenoxy) is 1. The van der Waals surface area contributed by atoms with Gasteiger partial charge in [-0.2, -0.15) is 5.10 Å². The molecule has 3 N–H and O–H groups in total. The third-order valence-electron chi connectivity index (χ3n) is 4.01. The molecule has 1 aromatic heterocycles. The zero-order valence-electron chi connectivity index (χ0n) is 12.2. The monoisotopic (exact) mass is 287 g/mol. The molecule has 0 spiro atoms. The van der Waals surface area contributed by atoms with E-state index in [0.29, 0.717) is 6.42 Å². The average molecular weight is 287 g/mol. The fraction of sp³-hybridized carbons (Fsp3) is 0.467. The lowest BCUT2D eigenvalue weighted by Crippen LogP contribution is -2.44. The maximum Gasteiger partial charge on any atom is 0.138 e. The van der Waals surface area contributed by atoms with Gasteiger partial charge in [-0.15, -0.1) is 0 Å². The molecule has 21 heavy (non-hydrogen) atoms. The van der Waals surface area contributed by atoms with Crippen LogP contribution in [0.15, 0.2) is 30.6 Å². The molecule has 0 saturated carbocycles. The molecular formula is C15H21N5O. The van der Waals surface area contributed by atoms with Crippen LogP contribution >= 0.6 is 0 Å². The Morgan fingerprint density at radius 3 is 3.14 bits per heavy atom. The Balaban J connectivity index is 1.84. The number of fused-ring (bicyclic) bond motifs is 1. The Morgan fingerprint density at radius 1 is 1.48 bits per heavy atom. The Morgan fingerprint density at radius 2 is 2.33 bits per heavy atom. The third-order valence-corrected chi connectivity index (χ3v) is 4.01. The summed E-state index contributed by atoms with van der Waals surface area (Å²) in [4.78, 5) is 4.33. The average Bonchev–Trinajstić information content (AvgIpc) is 2.99. The second kappa shape index (κ2) is 6.34. The number of aromatic nitrogens is 3. The summed E-state index contributed by atoms with van der Waals surface area (Å²) in [5.41, 5.74) is 5.45. The van der Waals surface area contributed by atoms with Gasteiger partial charge < -0.3 is 4.74 Å². The highest BCUT2D eigenvalue weighted by Gasteiger charge is 2.29. The Labute approximate surface area is 124 Å². The van der Waals surface area contributed by atoms with Crippen molar-refractivity contribution in [2.45, 2.75) is 38.5 Å². The van der Waals surface area contributed by atoms with E-state index < -0.39 is 0 Å². The number of rotatable bonds is 5. The van der Waals surface area contributed by atoms with Crippen molar-refractivity contribution in [3.63, 3.8) is 0 Å². The predicted octanol–water partition coefficient (Wildman–Crippen LogP) is 0.986. The number of nitrogens with one attached hydrogen (secondary N) is 1. The third kappa shape index (κ3) is 2.83. The predicted molar refractivity (Wildman–Crippen MR) is 79.4 cm³/mol. The van der Waals surface area contributed by atoms with Crippen LogP contribution < -0.4 is 11.3 Å². The summed E-state index contributed by atoms with van der Waals surface area (Å²) in [6.07, 6.45) is 3.17. The summed E-state index contributed by atoms with van der Waals surface area (Å²) < 4.78 is 7.87. The zero-order chi connectivity index (χ0) is 14.7. The minimum Gasteiger partial charge on any atom is -0.371 e. The molecule has 0 bridgehead atoms. The smallest absolute Gasteiger partial charge is 0.138 e. The van der Waals surface area contributed by atoms with Crippen LogP contribution in [0.5, 0.6) is 0 Å². The molecule has 2 aromatic rings. The lowest BCUT2D eigenvalue weighted by atomic mass is 9.92. The molecule has 112 valence electrons.